The van der Waals surface area contributed by atoms with Gasteiger partial charge in [-0.15, -0.1) is 0 Å². The fraction of sp³-hybridized carbons (Fsp3) is 1.00. The minimum absolute atomic E-state index is 0.365. The molecule has 0 amide bonds. The second-order valence-electron chi connectivity index (χ2n) is 5.39. The summed E-state index contributed by atoms with van der Waals surface area (Å²) in [6.45, 7) is 1.40. The van der Waals surface area contributed by atoms with E-state index in [9.17, 15) is 0 Å². The van der Waals surface area contributed by atoms with E-state index in [4.69, 9.17) is 5.11 Å². The van der Waals surface area contributed by atoms with Crippen LogP contribution in [0, 0.1) is 11.8 Å². The third-order valence-corrected chi connectivity index (χ3v) is 4.28. The maximum Gasteiger partial charge on any atom is 0.0471 e. The van der Waals surface area contributed by atoms with Gasteiger partial charge in [0.1, 0.15) is 0 Å². The fourth-order valence-electron chi connectivity index (χ4n) is 3.21. The number of nitrogens with one attached hydrogen (secondary N) is 1. The van der Waals surface area contributed by atoms with Crippen LogP contribution in [0.1, 0.15) is 51.4 Å². The van der Waals surface area contributed by atoms with Gasteiger partial charge in [0, 0.05) is 19.2 Å². The third-order valence-electron chi connectivity index (χ3n) is 4.28. The van der Waals surface area contributed by atoms with E-state index >= 15 is 0 Å². The summed E-state index contributed by atoms with van der Waals surface area (Å²) < 4.78 is 0. The molecule has 2 nitrogen and oxygen atoms in total. The molecule has 0 aromatic carbocycles. The molecule has 0 aromatic rings. The maximum absolute atomic E-state index is 9.09. The highest BCUT2D eigenvalue weighted by Crippen LogP contribution is 2.29. The number of hydrogen-bond donors (Lipinski definition) is 2. The SMILES string of the molecule is OCC1CCC(C2CCCCCC2)NC1. The van der Waals surface area contributed by atoms with Crippen LogP contribution in [0.25, 0.3) is 0 Å². The van der Waals surface area contributed by atoms with Gasteiger partial charge in [-0.1, -0.05) is 25.7 Å². The fourth-order valence-corrected chi connectivity index (χ4v) is 3.21. The highest BCUT2D eigenvalue weighted by molar-refractivity contribution is 4.84. The van der Waals surface area contributed by atoms with Crippen LogP contribution in [0.5, 0.6) is 0 Å². The third kappa shape index (κ3) is 3.18. The van der Waals surface area contributed by atoms with E-state index in [1.54, 1.807) is 0 Å². The summed E-state index contributed by atoms with van der Waals surface area (Å²) in [5.74, 6) is 1.44. The van der Waals surface area contributed by atoms with E-state index in [0.29, 0.717) is 12.5 Å². The van der Waals surface area contributed by atoms with Crippen molar-refractivity contribution in [2.24, 2.45) is 11.8 Å². The predicted octanol–water partition coefficient (Wildman–Crippen LogP) is 2.32. The van der Waals surface area contributed by atoms with Crippen LogP contribution in [0.4, 0.5) is 0 Å². The van der Waals surface area contributed by atoms with Crippen LogP contribution in [-0.4, -0.2) is 24.3 Å². The summed E-state index contributed by atoms with van der Waals surface area (Å²) in [5.41, 5.74) is 0. The highest BCUT2D eigenvalue weighted by atomic mass is 16.3. The summed E-state index contributed by atoms with van der Waals surface area (Å²) in [6.07, 6.45) is 11.1. The summed E-state index contributed by atoms with van der Waals surface area (Å²) in [7, 11) is 0. The van der Waals surface area contributed by atoms with Crippen molar-refractivity contribution in [3.63, 3.8) is 0 Å². The standard InChI is InChI=1S/C13H25NO/c15-10-11-7-8-13(14-9-11)12-5-3-1-2-4-6-12/h11-15H,1-10H2. The summed E-state index contributed by atoms with van der Waals surface area (Å²) >= 11 is 0. The van der Waals surface area contributed by atoms with E-state index in [-0.39, 0.29) is 0 Å². The number of aliphatic hydroxyl groups is 1. The van der Waals surface area contributed by atoms with E-state index in [0.717, 1.165) is 18.5 Å². The number of hydrogen-bond acceptors (Lipinski definition) is 2. The molecule has 1 heterocycles. The van der Waals surface area contributed by atoms with Crippen molar-refractivity contribution in [2.45, 2.75) is 57.4 Å². The van der Waals surface area contributed by atoms with Crippen LogP contribution in [0.2, 0.25) is 0 Å². The van der Waals surface area contributed by atoms with Crippen molar-refractivity contribution >= 4 is 0 Å². The molecule has 2 heteroatoms. The van der Waals surface area contributed by atoms with Gasteiger partial charge in [0.15, 0.2) is 0 Å². The zero-order valence-electron chi connectivity index (χ0n) is 9.75. The molecular formula is C13H25NO. The number of piperidine rings is 1. The van der Waals surface area contributed by atoms with Crippen LogP contribution in [0.15, 0.2) is 0 Å². The molecule has 2 aliphatic rings. The van der Waals surface area contributed by atoms with Crippen molar-refractivity contribution in [1.82, 2.24) is 5.32 Å². The molecule has 1 aliphatic carbocycles. The molecular weight excluding hydrogens is 186 g/mol. The van der Waals surface area contributed by atoms with Crippen molar-refractivity contribution in [3.05, 3.63) is 0 Å². The molecule has 2 N–H and O–H groups in total. The van der Waals surface area contributed by atoms with Gasteiger partial charge in [-0.05, 0) is 37.5 Å². The molecule has 2 unspecified atom stereocenters. The lowest BCUT2D eigenvalue weighted by Crippen LogP contribution is -2.44. The Morgan fingerprint density at radius 3 is 2.20 bits per heavy atom. The van der Waals surface area contributed by atoms with E-state index < -0.39 is 0 Å². The average Bonchev–Trinajstić information content (AvgIpc) is 2.58. The van der Waals surface area contributed by atoms with Gasteiger partial charge in [-0.2, -0.15) is 0 Å². The van der Waals surface area contributed by atoms with Gasteiger partial charge in [0.25, 0.3) is 0 Å². The second-order valence-corrected chi connectivity index (χ2v) is 5.39. The Morgan fingerprint density at radius 2 is 1.67 bits per heavy atom. The van der Waals surface area contributed by atoms with Crippen LogP contribution >= 0.6 is 0 Å². The Bertz CT molecular complexity index is 167. The molecule has 0 bridgehead atoms. The summed E-state index contributed by atoms with van der Waals surface area (Å²) in [5, 5.41) is 12.8. The van der Waals surface area contributed by atoms with E-state index in [1.165, 1.54) is 51.4 Å². The molecule has 1 aliphatic heterocycles. The van der Waals surface area contributed by atoms with Crippen molar-refractivity contribution < 1.29 is 5.11 Å². The molecule has 1 saturated carbocycles. The quantitative estimate of drug-likeness (QED) is 0.687. The van der Waals surface area contributed by atoms with Crippen LogP contribution in [-0.2, 0) is 0 Å². The molecule has 15 heavy (non-hydrogen) atoms. The molecule has 2 fully saturated rings. The topological polar surface area (TPSA) is 32.3 Å². The molecule has 1 saturated heterocycles. The largest absolute Gasteiger partial charge is 0.396 e. The van der Waals surface area contributed by atoms with Crippen molar-refractivity contribution in [3.8, 4) is 0 Å². The number of rotatable bonds is 2. The zero-order valence-corrected chi connectivity index (χ0v) is 9.75. The first-order chi connectivity index (χ1) is 7.40. The van der Waals surface area contributed by atoms with Crippen LogP contribution in [0.3, 0.4) is 0 Å². The lowest BCUT2D eigenvalue weighted by molar-refractivity contribution is 0.161. The van der Waals surface area contributed by atoms with Gasteiger partial charge in [0.05, 0.1) is 0 Å². The molecule has 0 radical (unpaired) electrons. The number of aliphatic hydroxyl groups excluding tert-OH is 1. The molecule has 0 aromatic heterocycles. The smallest absolute Gasteiger partial charge is 0.0471 e. The first-order valence-electron chi connectivity index (χ1n) is 6.74. The van der Waals surface area contributed by atoms with Gasteiger partial charge in [-0.3, -0.25) is 0 Å². The minimum atomic E-state index is 0.365. The first-order valence-corrected chi connectivity index (χ1v) is 6.74. The van der Waals surface area contributed by atoms with E-state index in [2.05, 4.69) is 5.32 Å². The normalized spacial score (nSPS) is 35.0. The van der Waals surface area contributed by atoms with Gasteiger partial charge in [0.2, 0.25) is 0 Å². The Kier molecular flexibility index (Phi) is 4.45. The van der Waals surface area contributed by atoms with Crippen LogP contribution < -0.4 is 5.32 Å². The second kappa shape index (κ2) is 5.86. The highest BCUT2D eigenvalue weighted by Gasteiger charge is 2.26. The maximum atomic E-state index is 9.09. The molecule has 0 spiro atoms. The van der Waals surface area contributed by atoms with Crippen molar-refractivity contribution in [1.29, 1.82) is 0 Å². The van der Waals surface area contributed by atoms with Gasteiger partial charge >= 0.3 is 0 Å². The Labute approximate surface area is 93.5 Å². The monoisotopic (exact) mass is 211 g/mol. The van der Waals surface area contributed by atoms with Crippen molar-refractivity contribution in [2.75, 3.05) is 13.2 Å². The Morgan fingerprint density at radius 1 is 0.933 bits per heavy atom. The molecule has 2 atom stereocenters. The minimum Gasteiger partial charge on any atom is -0.396 e. The summed E-state index contributed by atoms with van der Waals surface area (Å²) in [6, 6.07) is 0.755. The predicted molar refractivity (Wildman–Crippen MR) is 62.8 cm³/mol. The van der Waals surface area contributed by atoms with Gasteiger partial charge < -0.3 is 10.4 Å². The molecule has 2 rings (SSSR count). The van der Waals surface area contributed by atoms with Gasteiger partial charge in [-0.25, -0.2) is 0 Å². The lowest BCUT2D eigenvalue weighted by atomic mass is 9.84. The zero-order chi connectivity index (χ0) is 10.5. The van der Waals surface area contributed by atoms with E-state index in [1.807, 2.05) is 0 Å². The lowest BCUT2D eigenvalue weighted by Gasteiger charge is -2.34. The first kappa shape index (κ1) is 11.4. The average molecular weight is 211 g/mol. The molecule has 88 valence electrons. The summed E-state index contributed by atoms with van der Waals surface area (Å²) in [4.78, 5) is 0. The Hall–Kier alpha value is -0.0800. The Balaban J connectivity index is 1.78.